The summed E-state index contributed by atoms with van der Waals surface area (Å²) in [5.41, 5.74) is 1.09. The second kappa shape index (κ2) is 8.85. The van der Waals surface area contributed by atoms with E-state index in [1.165, 1.54) is 6.07 Å². The topological polar surface area (TPSA) is 97.0 Å². The van der Waals surface area contributed by atoms with Crippen LogP contribution in [-0.4, -0.2) is 52.1 Å². The molecule has 2 heterocycles. The molecule has 3 rings (SSSR count). The van der Waals surface area contributed by atoms with E-state index >= 15 is 0 Å². The zero-order chi connectivity index (χ0) is 17.9. The van der Waals surface area contributed by atoms with E-state index in [0.29, 0.717) is 6.54 Å². The lowest BCUT2D eigenvalue weighted by Crippen LogP contribution is -2.41. The van der Waals surface area contributed by atoms with Crippen LogP contribution < -0.4 is 10.5 Å². The highest BCUT2D eigenvalue weighted by atomic mass is 127. The van der Waals surface area contributed by atoms with Crippen molar-refractivity contribution < 1.29 is 13.2 Å². The number of sulfonamides is 1. The summed E-state index contributed by atoms with van der Waals surface area (Å²) >= 11 is 0. The average Bonchev–Trinajstić information content (AvgIpc) is 3.21. The van der Waals surface area contributed by atoms with E-state index < -0.39 is 10.0 Å². The number of hydrogen-bond acceptors (Lipinski definition) is 4. The molecule has 0 amide bonds. The molecule has 0 aliphatic carbocycles. The van der Waals surface area contributed by atoms with Crippen molar-refractivity contribution in [2.45, 2.75) is 31.2 Å². The average molecular weight is 494 g/mol. The Balaban J connectivity index is 0.00000243. The Bertz CT molecular complexity index is 748. The number of rotatable bonds is 4. The molecule has 1 atom stereocenters. The maximum atomic E-state index is 11.5. The Morgan fingerprint density at radius 3 is 2.88 bits per heavy atom. The summed E-state index contributed by atoms with van der Waals surface area (Å²) in [5.74, 6) is 0.868. The van der Waals surface area contributed by atoms with Gasteiger partial charge in [0.25, 0.3) is 0 Å². The van der Waals surface area contributed by atoms with Crippen molar-refractivity contribution in [2.75, 3.05) is 32.8 Å². The second-order valence-corrected chi connectivity index (χ2v) is 8.40. The number of likely N-dealkylation sites (tertiary alicyclic amines) is 1. The number of benzene rings is 1. The van der Waals surface area contributed by atoms with Crippen LogP contribution in [0, 0.1) is 5.41 Å². The summed E-state index contributed by atoms with van der Waals surface area (Å²) in [6, 6.07) is 6.63. The van der Waals surface area contributed by atoms with Crippen molar-refractivity contribution in [1.82, 2.24) is 10.2 Å². The molecule has 2 aliphatic rings. The van der Waals surface area contributed by atoms with Gasteiger partial charge in [-0.05, 0) is 37.5 Å². The molecule has 0 radical (unpaired) electrons. The van der Waals surface area contributed by atoms with Gasteiger partial charge in [0.05, 0.1) is 18.0 Å². The van der Waals surface area contributed by atoms with Gasteiger partial charge in [-0.3, -0.25) is 0 Å². The fourth-order valence-electron chi connectivity index (χ4n) is 3.50. The Morgan fingerprint density at radius 1 is 1.42 bits per heavy atom. The smallest absolute Gasteiger partial charge is 0.238 e. The Labute approximate surface area is 172 Å². The van der Waals surface area contributed by atoms with Gasteiger partial charge >= 0.3 is 0 Å². The molecular weight excluding hydrogens is 467 g/mol. The van der Waals surface area contributed by atoms with Gasteiger partial charge in [-0.15, -0.1) is 24.0 Å². The van der Waals surface area contributed by atoms with Crippen molar-refractivity contribution in [2.24, 2.45) is 15.5 Å². The minimum absolute atomic E-state index is 0. The number of nitrogens with one attached hydrogen (secondary N) is 1. The molecule has 1 unspecified atom stereocenters. The lowest BCUT2D eigenvalue weighted by molar-refractivity contribution is 0.156. The van der Waals surface area contributed by atoms with Gasteiger partial charge in [0.15, 0.2) is 5.96 Å². The van der Waals surface area contributed by atoms with Crippen LogP contribution in [0.1, 0.15) is 25.3 Å². The van der Waals surface area contributed by atoms with E-state index in [-0.39, 0.29) is 34.3 Å². The van der Waals surface area contributed by atoms with E-state index in [4.69, 9.17) is 14.9 Å². The summed E-state index contributed by atoms with van der Waals surface area (Å²) in [7, 11) is -3.69. The number of ether oxygens (including phenoxy) is 1. The van der Waals surface area contributed by atoms with Gasteiger partial charge in [0.2, 0.25) is 10.0 Å². The molecule has 26 heavy (non-hydrogen) atoms. The predicted octanol–water partition coefficient (Wildman–Crippen LogP) is 1.53. The van der Waals surface area contributed by atoms with Crippen molar-refractivity contribution >= 4 is 40.0 Å². The van der Waals surface area contributed by atoms with Crippen LogP contribution in [0.4, 0.5) is 0 Å². The number of nitrogens with zero attached hydrogens (tertiary/aromatic N) is 2. The quantitative estimate of drug-likeness (QED) is 0.376. The van der Waals surface area contributed by atoms with Crippen LogP contribution in [0.3, 0.4) is 0 Å². The molecule has 9 heteroatoms. The molecule has 1 aromatic carbocycles. The molecule has 146 valence electrons. The lowest BCUT2D eigenvalue weighted by Gasteiger charge is -2.25. The number of hydrogen-bond donors (Lipinski definition) is 2. The SMILES string of the molecule is CCNC(=NCc1cccc(S(N)(=O)=O)c1)N1CCC2(CCOC2)C1.I. The Kier molecular flexibility index (Phi) is 7.28. The molecule has 0 aromatic heterocycles. The van der Waals surface area contributed by atoms with Crippen LogP contribution >= 0.6 is 24.0 Å². The van der Waals surface area contributed by atoms with Gasteiger partial charge in [0, 0.05) is 31.7 Å². The van der Waals surface area contributed by atoms with Gasteiger partial charge in [0.1, 0.15) is 0 Å². The maximum absolute atomic E-state index is 11.5. The molecule has 2 aliphatic heterocycles. The molecule has 1 aromatic rings. The molecular formula is C17H27IN4O3S. The first-order valence-corrected chi connectivity index (χ1v) is 10.2. The van der Waals surface area contributed by atoms with Crippen molar-refractivity contribution in [3.8, 4) is 0 Å². The summed E-state index contributed by atoms with van der Waals surface area (Å²) in [5, 5.41) is 8.54. The van der Waals surface area contributed by atoms with E-state index in [2.05, 4.69) is 10.2 Å². The highest BCUT2D eigenvalue weighted by molar-refractivity contribution is 14.0. The highest BCUT2D eigenvalue weighted by Gasteiger charge is 2.42. The first-order valence-electron chi connectivity index (χ1n) is 8.65. The number of nitrogens with two attached hydrogens (primary N) is 1. The zero-order valence-electron chi connectivity index (χ0n) is 15.0. The highest BCUT2D eigenvalue weighted by Crippen LogP contribution is 2.38. The van der Waals surface area contributed by atoms with Crippen molar-refractivity contribution in [3.05, 3.63) is 29.8 Å². The third-order valence-corrected chi connectivity index (χ3v) is 5.81. The van der Waals surface area contributed by atoms with Gasteiger partial charge < -0.3 is 15.0 Å². The van der Waals surface area contributed by atoms with Crippen molar-refractivity contribution in [1.29, 1.82) is 0 Å². The number of primary sulfonamides is 1. The van der Waals surface area contributed by atoms with Crippen LogP contribution in [-0.2, 0) is 21.3 Å². The zero-order valence-corrected chi connectivity index (χ0v) is 18.1. The minimum atomic E-state index is -3.69. The minimum Gasteiger partial charge on any atom is -0.381 e. The standard InChI is InChI=1S/C17H26N4O3S.HI/c1-2-19-16(21-8-6-17(12-21)7-9-24-13-17)20-11-14-4-3-5-15(10-14)25(18,22)23;/h3-5,10H,2,6-9,11-13H2,1H3,(H,19,20)(H2,18,22,23);1H. The third kappa shape index (κ3) is 5.08. The molecule has 0 saturated carbocycles. The van der Waals surface area contributed by atoms with Crippen LogP contribution in [0.15, 0.2) is 34.2 Å². The molecule has 2 fully saturated rings. The maximum Gasteiger partial charge on any atom is 0.238 e. The predicted molar refractivity (Wildman–Crippen MR) is 112 cm³/mol. The van der Waals surface area contributed by atoms with Gasteiger partial charge in [-0.2, -0.15) is 0 Å². The van der Waals surface area contributed by atoms with Crippen LogP contribution in [0.2, 0.25) is 0 Å². The summed E-state index contributed by atoms with van der Waals surface area (Å²) in [4.78, 5) is 7.10. The first kappa shape index (κ1) is 21.4. The molecule has 3 N–H and O–H groups in total. The normalized spacial score (nSPS) is 23.3. The van der Waals surface area contributed by atoms with E-state index in [1.54, 1.807) is 12.1 Å². The first-order chi connectivity index (χ1) is 11.9. The van der Waals surface area contributed by atoms with Crippen LogP contribution in [0.5, 0.6) is 0 Å². The second-order valence-electron chi connectivity index (χ2n) is 6.84. The van der Waals surface area contributed by atoms with E-state index in [0.717, 1.165) is 57.2 Å². The summed E-state index contributed by atoms with van der Waals surface area (Å²) in [6.07, 6.45) is 2.23. The van der Waals surface area contributed by atoms with E-state index in [9.17, 15) is 8.42 Å². The third-order valence-electron chi connectivity index (χ3n) is 4.90. The molecule has 2 saturated heterocycles. The number of guanidine groups is 1. The fourth-order valence-corrected chi connectivity index (χ4v) is 4.08. The molecule has 0 bridgehead atoms. The molecule has 1 spiro atoms. The van der Waals surface area contributed by atoms with E-state index in [1.807, 2.05) is 13.0 Å². The summed E-state index contributed by atoms with van der Waals surface area (Å²) in [6.45, 7) is 6.84. The Hall–Kier alpha value is -0.910. The summed E-state index contributed by atoms with van der Waals surface area (Å²) < 4.78 is 28.6. The molecule has 7 nitrogen and oxygen atoms in total. The largest absolute Gasteiger partial charge is 0.381 e. The van der Waals surface area contributed by atoms with Crippen molar-refractivity contribution in [3.63, 3.8) is 0 Å². The van der Waals surface area contributed by atoms with Gasteiger partial charge in [-0.25, -0.2) is 18.5 Å². The number of aliphatic imine (C=N–C) groups is 1. The monoisotopic (exact) mass is 494 g/mol. The Morgan fingerprint density at radius 2 is 2.23 bits per heavy atom. The van der Waals surface area contributed by atoms with Gasteiger partial charge in [-0.1, -0.05) is 12.1 Å². The van der Waals surface area contributed by atoms with Crippen LogP contribution in [0.25, 0.3) is 0 Å². The lowest BCUT2D eigenvalue weighted by atomic mass is 9.87. The fraction of sp³-hybridized carbons (Fsp3) is 0.588. The number of halogens is 1.